The minimum Gasteiger partial charge on any atom is -0.366 e. The summed E-state index contributed by atoms with van der Waals surface area (Å²) in [6.07, 6.45) is 8.92. The lowest BCUT2D eigenvalue weighted by molar-refractivity contribution is 0.0811. The fraction of sp³-hybridized carbons (Fsp3) is 0.833. The summed E-state index contributed by atoms with van der Waals surface area (Å²) in [7, 11) is 1.33. The number of rotatable bonds is 5. The monoisotopic (exact) mass is 210 g/mol. The molecule has 0 N–H and O–H groups in total. The van der Waals surface area contributed by atoms with Crippen LogP contribution in [0.3, 0.4) is 0 Å². The third-order valence-electron chi connectivity index (χ3n) is 2.60. The maximum absolute atomic E-state index is 5.76. The molecule has 14 heavy (non-hydrogen) atoms. The Morgan fingerprint density at radius 3 is 3.00 bits per heavy atom. The molecule has 0 spiro atoms. The second kappa shape index (κ2) is 8.08. The van der Waals surface area contributed by atoms with E-state index in [1.54, 1.807) is 0 Å². The Hall–Kier alpha value is -0.263. The number of unbranched alkanes of at least 4 members (excludes halogenated alkanes) is 1. The van der Waals surface area contributed by atoms with Gasteiger partial charge in [0.05, 0.1) is 0 Å². The van der Waals surface area contributed by atoms with Crippen molar-refractivity contribution in [1.29, 1.82) is 0 Å². The van der Waals surface area contributed by atoms with Gasteiger partial charge in [0.1, 0.15) is 6.10 Å². The van der Waals surface area contributed by atoms with E-state index < -0.39 is 0 Å². The van der Waals surface area contributed by atoms with E-state index in [1.165, 1.54) is 48.4 Å². The minimum absolute atomic E-state index is 0.240. The van der Waals surface area contributed by atoms with Crippen LogP contribution in [0.4, 0.5) is 0 Å². The summed E-state index contributed by atoms with van der Waals surface area (Å²) in [4.78, 5) is 0. The van der Waals surface area contributed by atoms with Crippen molar-refractivity contribution in [3.05, 3.63) is 0 Å². The van der Waals surface area contributed by atoms with Crippen molar-refractivity contribution in [2.24, 2.45) is 0 Å². The molecule has 0 saturated carbocycles. The zero-order valence-electron chi connectivity index (χ0n) is 9.35. The lowest BCUT2D eigenvalue weighted by Crippen LogP contribution is -2.12. The van der Waals surface area contributed by atoms with Crippen LogP contribution in [0.15, 0.2) is 0 Å². The first-order valence-corrected chi connectivity index (χ1v) is 7.45. The van der Waals surface area contributed by atoms with Crippen LogP contribution in [0.1, 0.15) is 44.9 Å². The molecule has 0 amide bonds. The van der Waals surface area contributed by atoms with Crippen molar-refractivity contribution >= 4 is 10.2 Å². The molecule has 1 atom stereocenters. The highest BCUT2D eigenvalue weighted by Crippen LogP contribution is 2.11. The van der Waals surface area contributed by atoms with E-state index in [9.17, 15) is 0 Å². The van der Waals surface area contributed by atoms with Crippen molar-refractivity contribution in [2.75, 3.05) is 6.61 Å². The van der Waals surface area contributed by atoms with Crippen molar-refractivity contribution in [2.45, 2.75) is 57.1 Å². The standard InChI is InChI=1S/C12H22OSi/c14-11-7-6-10-13-12-8-4-2-1-3-5-9-12/h12H,1-4,6-8,10-11H2,14H3/t12-/m0/s1. The quantitative estimate of drug-likeness (QED) is 0.383. The van der Waals surface area contributed by atoms with E-state index in [2.05, 4.69) is 11.8 Å². The Morgan fingerprint density at radius 2 is 2.14 bits per heavy atom. The highest BCUT2D eigenvalue weighted by molar-refractivity contribution is 6.08. The zero-order chi connectivity index (χ0) is 10.1. The molecule has 0 fully saturated rings. The predicted molar refractivity (Wildman–Crippen MR) is 64.6 cm³/mol. The molecule has 80 valence electrons. The Bertz CT molecular complexity index is 192. The molecule has 0 radical (unpaired) electrons. The van der Waals surface area contributed by atoms with Crippen LogP contribution >= 0.6 is 0 Å². The van der Waals surface area contributed by atoms with Gasteiger partial charge in [-0.15, -0.1) is 5.92 Å². The van der Waals surface area contributed by atoms with Gasteiger partial charge in [-0.3, -0.25) is 0 Å². The number of ether oxygens (including phenoxy) is 1. The SMILES string of the molecule is [SiH3]CCCCO[C@@H]1C#CCCCCC1. The summed E-state index contributed by atoms with van der Waals surface area (Å²) in [5.41, 5.74) is 0. The van der Waals surface area contributed by atoms with E-state index in [1.807, 2.05) is 0 Å². The Labute approximate surface area is 91.0 Å². The van der Waals surface area contributed by atoms with E-state index in [4.69, 9.17) is 4.74 Å². The molecular formula is C12H22OSi. The van der Waals surface area contributed by atoms with Gasteiger partial charge in [0.25, 0.3) is 0 Å². The Balaban J connectivity index is 2.13. The molecule has 0 heterocycles. The summed E-state index contributed by atoms with van der Waals surface area (Å²) in [6, 6.07) is 1.40. The maximum atomic E-state index is 5.76. The molecular weight excluding hydrogens is 188 g/mol. The first-order valence-electron chi connectivity index (χ1n) is 6.03. The molecule has 0 bridgehead atoms. The van der Waals surface area contributed by atoms with Crippen molar-refractivity contribution in [3.63, 3.8) is 0 Å². The van der Waals surface area contributed by atoms with Crippen LogP contribution in [0.5, 0.6) is 0 Å². The minimum atomic E-state index is 0.240. The average Bonchev–Trinajstić information content (AvgIpc) is 2.15. The predicted octanol–water partition coefficient (Wildman–Crippen LogP) is 1.90. The van der Waals surface area contributed by atoms with Gasteiger partial charge in [0.2, 0.25) is 0 Å². The highest BCUT2D eigenvalue weighted by atomic mass is 28.1. The summed E-state index contributed by atoms with van der Waals surface area (Å²) in [5, 5.41) is 0. The summed E-state index contributed by atoms with van der Waals surface area (Å²) in [6.45, 7) is 0.918. The van der Waals surface area contributed by atoms with Gasteiger partial charge in [-0.25, -0.2) is 0 Å². The third kappa shape index (κ3) is 5.46. The smallest absolute Gasteiger partial charge is 0.118 e. The number of hydrogen-bond donors (Lipinski definition) is 0. The Morgan fingerprint density at radius 1 is 1.21 bits per heavy atom. The van der Waals surface area contributed by atoms with Crippen LogP contribution in [0, 0.1) is 11.8 Å². The lowest BCUT2D eigenvalue weighted by atomic mass is 10.1. The summed E-state index contributed by atoms with van der Waals surface area (Å²) < 4.78 is 5.76. The van der Waals surface area contributed by atoms with E-state index >= 15 is 0 Å². The first-order chi connectivity index (χ1) is 6.93. The molecule has 0 aromatic carbocycles. The number of hydrogen-bond acceptors (Lipinski definition) is 1. The van der Waals surface area contributed by atoms with Crippen LogP contribution in [0.25, 0.3) is 0 Å². The normalized spacial score (nSPS) is 22.1. The van der Waals surface area contributed by atoms with Gasteiger partial charge >= 0.3 is 0 Å². The Kier molecular flexibility index (Phi) is 6.82. The highest BCUT2D eigenvalue weighted by Gasteiger charge is 2.06. The largest absolute Gasteiger partial charge is 0.366 e. The van der Waals surface area contributed by atoms with E-state index in [0.717, 1.165) is 19.4 Å². The second-order valence-corrected chi connectivity index (χ2v) is 4.99. The van der Waals surface area contributed by atoms with E-state index in [0.29, 0.717) is 0 Å². The molecule has 2 heteroatoms. The summed E-state index contributed by atoms with van der Waals surface area (Å²) >= 11 is 0. The van der Waals surface area contributed by atoms with Crippen LogP contribution in [-0.4, -0.2) is 23.0 Å². The van der Waals surface area contributed by atoms with Crippen molar-refractivity contribution < 1.29 is 4.74 Å². The third-order valence-corrected chi connectivity index (χ3v) is 3.31. The zero-order valence-corrected chi connectivity index (χ0v) is 11.3. The molecule has 1 rings (SSSR count). The van der Waals surface area contributed by atoms with Crippen LogP contribution in [-0.2, 0) is 4.74 Å². The molecule has 1 nitrogen and oxygen atoms in total. The van der Waals surface area contributed by atoms with Gasteiger partial charge < -0.3 is 4.74 Å². The van der Waals surface area contributed by atoms with Crippen LogP contribution < -0.4 is 0 Å². The fourth-order valence-corrected chi connectivity index (χ4v) is 2.18. The van der Waals surface area contributed by atoms with Gasteiger partial charge in [0.15, 0.2) is 0 Å². The molecule has 0 aromatic rings. The maximum Gasteiger partial charge on any atom is 0.118 e. The molecule has 1 aliphatic carbocycles. The van der Waals surface area contributed by atoms with Gasteiger partial charge in [0, 0.05) is 23.3 Å². The van der Waals surface area contributed by atoms with Crippen molar-refractivity contribution in [1.82, 2.24) is 0 Å². The fourth-order valence-electron chi connectivity index (χ4n) is 1.68. The molecule has 0 aromatic heterocycles. The first kappa shape index (κ1) is 11.8. The van der Waals surface area contributed by atoms with Crippen molar-refractivity contribution in [3.8, 4) is 11.8 Å². The molecule has 1 aliphatic rings. The molecule has 0 unspecified atom stereocenters. The topological polar surface area (TPSA) is 9.23 Å². The lowest BCUT2D eigenvalue weighted by Gasteiger charge is -2.13. The van der Waals surface area contributed by atoms with E-state index in [-0.39, 0.29) is 6.10 Å². The summed E-state index contributed by atoms with van der Waals surface area (Å²) in [5.74, 6) is 6.45. The van der Waals surface area contributed by atoms with Gasteiger partial charge in [-0.1, -0.05) is 24.8 Å². The molecule has 0 aliphatic heterocycles. The second-order valence-electron chi connectivity index (χ2n) is 3.99. The average molecular weight is 210 g/mol. The van der Waals surface area contributed by atoms with Gasteiger partial charge in [-0.2, -0.15) is 0 Å². The van der Waals surface area contributed by atoms with Crippen LogP contribution in [0.2, 0.25) is 6.04 Å². The molecule has 0 saturated heterocycles. The van der Waals surface area contributed by atoms with Gasteiger partial charge in [-0.05, 0) is 25.7 Å².